The summed E-state index contributed by atoms with van der Waals surface area (Å²) in [5.41, 5.74) is 2.72. The van der Waals surface area contributed by atoms with E-state index in [-0.39, 0.29) is 0 Å². The van der Waals surface area contributed by atoms with E-state index in [1.165, 1.54) is 29.0 Å². The Labute approximate surface area is 124 Å². The Morgan fingerprint density at radius 3 is 2.60 bits per heavy atom. The first-order chi connectivity index (χ1) is 9.86. The van der Waals surface area contributed by atoms with Gasteiger partial charge in [0.15, 0.2) is 0 Å². The number of aromatic amines is 1. The zero-order valence-corrected chi connectivity index (χ0v) is 12.7. The number of benzene rings is 1. The lowest BCUT2D eigenvalue weighted by Gasteiger charge is -2.32. The molecule has 1 N–H and O–H groups in total. The van der Waals surface area contributed by atoms with Crippen molar-refractivity contribution in [3.63, 3.8) is 0 Å². The number of hydrogen-bond donors (Lipinski definition) is 1. The minimum absolute atomic E-state index is 0.707. The molecule has 4 heteroatoms. The van der Waals surface area contributed by atoms with Gasteiger partial charge in [0.1, 0.15) is 0 Å². The number of rotatable bonds is 4. The first kappa shape index (κ1) is 13.6. The van der Waals surface area contributed by atoms with E-state index in [4.69, 9.17) is 0 Å². The van der Waals surface area contributed by atoms with Crippen LogP contribution in [0.3, 0.4) is 0 Å². The minimum Gasteiger partial charge on any atom is -0.369 e. The molecule has 20 heavy (non-hydrogen) atoms. The molecule has 3 rings (SSSR count). The zero-order valence-electron chi connectivity index (χ0n) is 11.9. The Hall–Kier alpha value is -1.42. The molecule has 0 spiro atoms. The number of piperidine rings is 1. The third-order valence-corrected chi connectivity index (χ3v) is 4.90. The fourth-order valence-corrected chi connectivity index (χ4v) is 3.55. The van der Waals surface area contributed by atoms with Gasteiger partial charge < -0.3 is 4.90 Å². The Balaban J connectivity index is 1.60. The highest BCUT2D eigenvalue weighted by Crippen LogP contribution is 2.31. The number of thioether (sulfide) groups is 1. The van der Waals surface area contributed by atoms with Crippen molar-refractivity contribution in [2.45, 2.75) is 30.6 Å². The molecular weight excluding hydrogens is 266 g/mol. The van der Waals surface area contributed by atoms with Crippen LogP contribution in [0.25, 0.3) is 0 Å². The summed E-state index contributed by atoms with van der Waals surface area (Å²) in [7, 11) is 0. The normalized spacial score (nSPS) is 16.6. The Kier molecular flexibility index (Phi) is 4.31. The number of nitrogens with zero attached hydrogens (tertiary/aromatic N) is 2. The van der Waals surface area contributed by atoms with Crippen LogP contribution in [0.1, 0.15) is 31.2 Å². The van der Waals surface area contributed by atoms with E-state index in [0.29, 0.717) is 5.92 Å². The molecule has 3 nitrogen and oxygen atoms in total. The van der Waals surface area contributed by atoms with E-state index >= 15 is 0 Å². The molecular formula is C16H21N3S. The Bertz CT molecular complexity index is 513. The van der Waals surface area contributed by atoms with Crippen molar-refractivity contribution in [2.24, 2.45) is 0 Å². The molecule has 1 saturated heterocycles. The maximum absolute atomic E-state index is 4.03. The van der Waals surface area contributed by atoms with Crippen molar-refractivity contribution in [2.75, 3.05) is 23.7 Å². The fourth-order valence-electron chi connectivity index (χ4n) is 2.89. The van der Waals surface area contributed by atoms with Gasteiger partial charge in [-0.15, -0.1) is 11.8 Å². The van der Waals surface area contributed by atoms with Gasteiger partial charge in [-0.2, -0.15) is 5.10 Å². The van der Waals surface area contributed by atoms with Crippen molar-refractivity contribution in [1.29, 1.82) is 0 Å². The summed E-state index contributed by atoms with van der Waals surface area (Å²) in [6.07, 6.45) is 6.35. The molecule has 1 fully saturated rings. The molecule has 0 amide bonds. The number of nitrogens with one attached hydrogen (secondary N) is 1. The average Bonchev–Trinajstić information content (AvgIpc) is 3.03. The van der Waals surface area contributed by atoms with Gasteiger partial charge in [-0.1, -0.05) is 19.1 Å². The molecule has 0 radical (unpaired) electrons. The number of H-pyrrole nitrogens is 1. The molecule has 1 aromatic heterocycles. The van der Waals surface area contributed by atoms with Crippen molar-refractivity contribution in [3.05, 3.63) is 42.2 Å². The van der Waals surface area contributed by atoms with Crippen LogP contribution in [0.4, 0.5) is 5.69 Å². The van der Waals surface area contributed by atoms with Crippen molar-refractivity contribution in [1.82, 2.24) is 10.2 Å². The van der Waals surface area contributed by atoms with Crippen LogP contribution < -0.4 is 4.90 Å². The number of aromatic nitrogens is 2. The van der Waals surface area contributed by atoms with Crippen LogP contribution in [-0.2, 0) is 0 Å². The first-order valence-electron chi connectivity index (χ1n) is 7.33. The van der Waals surface area contributed by atoms with Gasteiger partial charge in [-0.05, 0) is 42.2 Å². The number of anilines is 1. The second-order valence-electron chi connectivity index (χ2n) is 5.22. The van der Waals surface area contributed by atoms with E-state index in [1.54, 1.807) is 0 Å². The van der Waals surface area contributed by atoms with Gasteiger partial charge in [0.05, 0.1) is 11.9 Å². The summed E-state index contributed by atoms with van der Waals surface area (Å²) in [5, 5.41) is 6.93. The second-order valence-corrected chi connectivity index (χ2v) is 6.56. The second kappa shape index (κ2) is 6.35. The topological polar surface area (TPSA) is 31.9 Å². The van der Waals surface area contributed by atoms with E-state index in [2.05, 4.69) is 46.3 Å². The Morgan fingerprint density at radius 2 is 2.00 bits per heavy atom. The van der Waals surface area contributed by atoms with E-state index in [1.807, 2.05) is 24.2 Å². The first-order valence-corrected chi connectivity index (χ1v) is 8.32. The van der Waals surface area contributed by atoms with E-state index in [0.717, 1.165) is 18.8 Å². The standard InChI is InChI=1S/C16H21N3S/c1-2-20-16-5-3-13(4-6-16)14-7-9-19(10-8-14)15-11-17-18-12-15/h3-6,11-12,14H,2,7-10H2,1H3,(H,17,18). The summed E-state index contributed by atoms with van der Waals surface area (Å²) >= 11 is 1.91. The highest BCUT2D eigenvalue weighted by molar-refractivity contribution is 7.99. The van der Waals surface area contributed by atoms with Crippen molar-refractivity contribution in [3.8, 4) is 0 Å². The molecule has 0 aliphatic carbocycles. The van der Waals surface area contributed by atoms with Gasteiger partial charge in [-0.25, -0.2) is 0 Å². The molecule has 1 aromatic carbocycles. The molecule has 1 aliphatic heterocycles. The van der Waals surface area contributed by atoms with Gasteiger partial charge in [0, 0.05) is 24.2 Å². The lowest BCUT2D eigenvalue weighted by atomic mass is 9.89. The third-order valence-electron chi connectivity index (χ3n) is 4.01. The van der Waals surface area contributed by atoms with Crippen LogP contribution in [0.15, 0.2) is 41.6 Å². The quantitative estimate of drug-likeness (QED) is 0.865. The van der Waals surface area contributed by atoms with Crippen LogP contribution in [-0.4, -0.2) is 29.0 Å². The van der Waals surface area contributed by atoms with Crippen LogP contribution in [0.2, 0.25) is 0 Å². The fraction of sp³-hybridized carbons (Fsp3) is 0.438. The molecule has 0 unspecified atom stereocenters. The lowest BCUT2D eigenvalue weighted by molar-refractivity contribution is 0.505. The summed E-state index contributed by atoms with van der Waals surface area (Å²) < 4.78 is 0. The van der Waals surface area contributed by atoms with E-state index < -0.39 is 0 Å². The van der Waals surface area contributed by atoms with Gasteiger partial charge in [0.25, 0.3) is 0 Å². The smallest absolute Gasteiger partial charge is 0.0749 e. The zero-order chi connectivity index (χ0) is 13.8. The van der Waals surface area contributed by atoms with Crippen LogP contribution in [0, 0.1) is 0 Å². The lowest BCUT2D eigenvalue weighted by Crippen LogP contribution is -2.32. The molecule has 0 atom stereocenters. The molecule has 2 heterocycles. The highest BCUT2D eigenvalue weighted by atomic mass is 32.2. The van der Waals surface area contributed by atoms with E-state index in [9.17, 15) is 0 Å². The molecule has 1 aliphatic rings. The predicted octanol–water partition coefficient (Wildman–Crippen LogP) is 3.91. The minimum atomic E-state index is 0.707. The number of hydrogen-bond acceptors (Lipinski definition) is 3. The third kappa shape index (κ3) is 3.01. The highest BCUT2D eigenvalue weighted by Gasteiger charge is 2.21. The van der Waals surface area contributed by atoms with Crippen molar-refractivity contribution >= 4 is 17.4 Å². The Morgan fingerprint density at radius 1 is 1.25 bits per heavy atom. The van der Waals surface area contributed by atoms with Crippen LogP contribution in [0.5, 0.6) is 0 Å². The summed E-state index contributed by atoms with van der Waals surface area (Å²) in [5.74, 6) is 1.85. The van der Waals surface area contributed by atoms with Gasteiger partial charge in [0.2, 0.25) is 0 Å². The molecule has 0 saturated carbocycles. The monoisotopic (exact) mass is 287 g/mol. The predicted molar refractivity (Wildman–Crippen MR) is 85.6 cm³/mol. The largest absolute Gasteiger partial charge is 0.369 e. The summed E-state index contributed by atoms with van der Waals surface area (Å²) in [4.78, 5) is 3.80. The maximum atomic E-state index is 4.03. The summed E-state index contributed by atoms with van der Waals surface area (Å²) in [6.45, 7) is 4.44. The molecule has 0 bridgehead atoms. The molecule has 2 aromatic rings. The summed E-state index contributed by atoms with van der Waals surface area (Å²) in [6, 6.07) is 9.17. The van der Waals surface area contributed by atoms with Gasteiger partial charge >= 0.3 is 0 Å². The van der Waals surface area contributed by atoms with Crippen molar-refractivity contribution < 1.29 is 0 Å². The van der Waals surface area contributed by atoms with Crippen LogP contribution >= 0.6 is 11.8 Å². The van der Waals surface area contributed by atoms with Gasteiger partial charge in [-0.3, -0.25) is 5.10 Å². The SMILES string of the molecule is CCSc1ccc(C2CCN(c3cn[nH]c3)CC2)cc1. The average molecular weight is 287 g/mol. The molecule has 106 valence electrons. The maximum Gasteiger partial charge on any atom is 0.0749 e.